The predicted molar refractivity (Wildman–Crippen MR) is 114 cm³/mol. The normalized spacial score (nSPS) is 12.1. The summed E-state index contributed by atoms with van der Waals surface area (Å²) in [5.74, 6) is -1.13. The molecule has 1 amide bonds. The molecule has 0 saturated carbocycles. The van der Waals surface area contributed by atoms with Crippen molar-refractivity contribution in [1.29, 1.82) is 0 Å². The largest absolute Gasteiger partial charge is 0.416 e. The van der Waals surface area contributed by atoms with E-state index in [1.165, 1.54) is 10.8 Å². The van der Waals surface area contributed by atoms with Gasteiger partial charge in [0.25, 0.3) is 0 Å². The van der Waals surface area contributed by atoms with Gasteiger partial charge < -0.3 is 9.88 Å². The van der Waals surface area contributed by atoms with E-state index in [1.807, 2.05) is 0 Å². The molecule has 4 aromatic rings. The van der Waals surface area contributed by atoms with Crippen LogP contribution in [0.1, 0.15) is 5.56 Å². The first-order valence-electron chi connectivity index (χ1n) is 9.61. The molecule has 3 aromatic carbocycles. The third-order valence-electron chi connectivity index (χ3n) is 4.98. The highest BCUT2D eigenvalue weighted by atomic mass is 32.2. The minimum absolute atomic E-state index is 0.0490. The molecular weight excluding hydrogens is 460 g/mol. The van der Waals surface area contributed by atoms with E-state index < -0.39 is 33.3 Å². The van der Waals surface area contributed by atoms with Gasteiger partial charge in [0.1, 0.15) is 12.4 Å². The summed E-state index contributed by atoms with van der Waals surface area (Å²) in [5, 5.41) is 2.88. The van der Waals surface area contributed by atoms with E-state index in [0.29, 0.717) is 10.9 Å². The summed E-state index contributed by atoms with van der Waals surface area (Å²) in [6.07, 6.45) is -3.17. The Balaban J connectivity index is 1.63. The zero-order valence-electron chi connectivity index (χ0n) is 16.8. The molecule has 0 aliphatic carbocycles. The molecule has 1 N–H and O–H groups in total. The van der Waals surface area contributed by atoms with Crippen LogP contribution in [0.2, 0.25) is 0 Å². The second-order valence-electron chi connectivity index (χ2n) is 7.22. The molecule has 0 bridgehead atoms. The zero-order chi connectivity index (χ0) is 23.8. The third kappa shape index (κ3) is 4.61. The summed E-state index contributed by atoms with van der Waals surface area (Å²) in [6, 6.07) is 15.0. The molecular formula is C23H16F4N2O3S. The number of amides is 1. The van der Waals surface area contributed by atoms with E-state index in [9.17, 15) is 30.8 Å². The van der Waals surface area contributed by atoms with E-state index in [2.05, 4.69) is 5.32 Å². The number of sulfone groups is 1. The number of nitrogens with one attached hydrogen (secondary N) is 1. The first-order valence-corrected chi connectivity index (χ1v) is 11.1. The highest BCUT2D eigenvalue weighted by molar-refractivity contribution is 7.91. The van der Waals surface area contributed by atoms with Gasteiger partial charge in [0.2, 0.25) is 15.7 Å². The van der Waals surface area contributed by atoms with Crippen LogP contribution in [0.5, 0.6) is 0 Å². The van der Waals surface area contributed by atoms with Crippen LogP contribution in [-0.2, 0) is 27.4 Å². The summed E-state index contributed by atoms with van der Waals surface area (Å²) >= 11 is 0. The standard InChI is InChI=1S/C23H16F4N2O3S/c24-16-7-11-18(12-8-16)33(31,32)21-13-29(20-4-2-1-3-19(20)21)14-22(30)28-17-9-5-15(6-10-17)23(25,26)27/h1-13H,14H2,(H,28,30). The van der Waals surface area contributed by atoms with Crippen LogP contribution in [0.4, 0.5) is 23.2 Å². The van der Waals surface area contributed by atoms with Gasteiger partial charge in [-0.15, -0.1) is 0 Å². The van der Waals surface area contributed by atoms with Crippen molar-refractivity contribution in [2.24, 2.45) is 0 Å². The first kappa shape index (κ1) is 22.5. The second-order valence-corrected chi connectivity index (χ2v) is 9.14. The van der Waals surface area contributed by atoms with Crippen molar-refractivity contribution in [2.45, 2.75) is 22.5 Å². The fraction of sp³-hybridized carbons (Fsp3) is 0.0870. The van der Waals surface area contributed by atoms with Gasteiger partial charge >= 0.3 is 6.18 Å². The molecule has 0 radical (unpaired) electrons. The number of carbonyl (C=O) groups is 1. The number of rotatable bonds is 5. The fourth-order valence-corrected chi connectivity index (χ4v) is 4.87. The van der Waals surface area contributed by atoms with Gasteiger partial charge in [0.15, 0.2) is 0 Å². The molecule has 0 saturated heterocycles. The van der Waals surface area contributed by atoms with Crippen molar-refractivity contribution in [3.63, 3.8) is 0 Å². The molecule has 0 fully saturated rings. The third-order valence-corrected chi connectivity index (χ3v) is 6.77. The molecule has 4 rings (SSSR count). The van der Waals surface area contributed by atoms with Crippen molar-refractivity contribution in [3.8, 4) is 0 Å². The number of carbonyl (C=O) groups excluding carboxylic acids is 1. The summed E-state index contributed by atoms with van der Waals surface area (Å²) in [5.41, 5.74) is -0.197. The highest BCUT2D eigenvalue weighted by Gasteiger charge is 2.30. The quantitative estimate of drug-likeness (QED) is 0.315. The highest BCUT2D eigenvalue weighted by Crippen LogP contribution is 2.31. The molecule has 0 unspecified atom stereocenters. The number of nitrogens with zero attached hydrogens (tertiary/aromatic N) is 1. The van der Waals surface area contributed by atoms with Crippen molar-refractivity contribution in [1.82, 2.24) is 4.57 Å². The Hall–Kier alpha value is -3.66. The lowest BCUT2D eigenvalue weighted by molar-refractivity contribution is -0.137. The molecule has 0 aliphatic rings. The van der Waals surface area contributed by atoms with Gasteiger partial charge in [-0.3, -0.25) is 4.79 Å². The average Bonchev–Trinajstić information content (AvgIpc) is 3.13. The molecule has 170 valence electrons. The van der Waals surface area contributed by atoms with E-state index >= 15 is 0 Å². The van der Waals surface area contributed by atoms with Crippen LogP contribution in [0.15, 0.2) is 88.8 Å². The Morgan fingerprint density at radius 2 is 1.55 bits per heavy atom. The number of hydrogen-bond acceptors (Lipinski definition) is 3. The number of alkyl halides is 3. The van der Waals surface area contributed by atoms with Crippen molar-refractivity contribution in [2.75, 3.05) is 5.32 Å². The number of aromatic nitrogens is 1. The number of anilines is 1. The maximum atomic E-state index is 13.2. The molecule has 1 heterocycles. The van der Waals surface area contributed by atoms with Crippen molar-refractivity contribution in [3.05, 3.63) is 90.4 Å². The van der Waals surface area contributed by atoms with Gasteiger partial charge in [0.05, 0.1) is 15.4 Å². The van der Waals surface area contributed by atoms with Crippen molar-refractivity contribution < 1.29 is 30.8 Å². The second kappa shape index (κ2) is 8.36. The molecule has 10 heteroatoms. The smallest absolute Gasteiger partial charge is 0.337 e. The average molecular weight is 476 g/mol. The van der Waals surface area contributed by atoms with E-state index in [1.54, 1.807) is 24.3 Å². The van der Waals surface area contributed by atoms with Crippen LogP contribution in [0.3, 0.4) is 0 Å². The summed E-state index contributed by atoms with van der Waals surface area (Å²) in [6.45, 7) is -0.277. The molecule has 0 atom stereocenters. The number of fused-ring (bicyclic) bond motifs is 1. The minimum atomic E-state index is -4.49. The molecule has 5 nitrogen and oxygen atoms in total. The lowest BCUT2D eigenvalue weighted by Gasteiger charge is -2.09. The van der Waals surface area contributed by atoms with E-state index in [4.69, 9.17) is 0 Å². The first-order chi connectivity index (χ1) is 15.6. The van der Waals surface area contributed by atoms with Crippen molar-refractivity contribution >= 4 is 32.3 Å². The van der Waals surface area contributed by atoms with E-state index in [0.717, 1.165) is 48.5 Å². The van der Waals surface area contributed by atoms with Crippen LogP contribution < -0.4 is 5.32 Å². The lowest BCUT2D eigenvalue weighted by atomic mass is 10.2. The Morgan fingerprint density at radius 1 is 0.909 bits per heavy atom. The Morgan fingerprint density at radius 3 is 2.18 bits per heavy atom. The molecule has 0 aliphatic heterocycles. The number of benzene rings is 3. The minimum Gasteiger partial charge on any atom is -0.337 e. The number of hydrogen-bond donors (Lipinski definition) is 1. The van der Waals surface area contributed by atoms with Crippen LogP contribution in [0.25, 0.3) is 10.9 Å². The Kier molecular flexibility index (Phi) is 5.71. The molecule has 1 aromatic heterocycles. The summed E-state index contributed by atoms with van der Waals surface area (Å²) in [7, 11) is -4.00. The summed E-state index contributed by atoms with van der Waals surface area (Å²) in [4.78, 5) is 12.4. The molecule has 0 spiro atoms. The van der Waals surface area contributed by atoms with Gasteiger partial charge in [0, 0.05) is 22.8 Å². The maximum absolute atomic E-state index is 13.2. The van der Waals surface area contributed by atoms with Crippen LogP contribution >= 0.6 is 0 Å². The van der Waals surface area contributed by atoms with Gasteiger partial charge in [-0.05, 0) is 54.6 Å². The monoisotopic (exact) mass is 476 g/mol. The predicted octanol–water partition coefficient (Wildman–Crippen LogP) is 5.27. The summed E-state index contributed by atoms with van der Waals surface area (Å²) < 4.78 is 79.0. The Bertz CT molecular complexity index is 1430. The zero-order valence-corrected chi connectivity index (χ0v) is 17.6. The molecule has 33 heavy (non-hydrogen) atoms. The van der Waals surface area contributed by atoms with Crippen LogP contribution in [0, 0.1) is 5.82 Å². The SMILES string of the molecule is O=C(Cn1cc(S(=O)(=O)c2ccc(F)cc2)c2ccccc21)Nc1ccc(C(F)(F)F)cc1. The van der Waals surface area contributed by atoms with Gasteiger partial charge in [-0.1, -0.05) is 18.2 Å². The Labute approximate surface area is 186 Å². The number of halogens is 4. The van der Waals surface area contributed by atoms with Gasteiger partial charge in [-0.25, -0.2) is 12.8 Å². The number of para-hydroxylation sites is 1. The maximum Gasteiger partial charge on any atom is 0.416 e. The van der Waals surface area contributed by atoms with Gasteiger partial charge in [-0.2, -0.15) is 13.2 Å². The van der Waals surface area contributed by atoms with Crippen LogP contribution in [-0.4, -0.2) is 18.9 Å². The topological polar surface area (TPSA) is 68.2 Å². The fourth-order valence-electron chi connectivity index (χ4n) is 3.40. The van der Waals surface area contributed by atoms with E-state index in [-0.39, 0.29) is 22.0 Å². The lowest BCUT2D eigenvalue weighted by Crippen LogP contribution is -2.18.